The molecule has 0 saturated heterocycles. The van der Waals surface area contributed by atoms with Crippen LogP contribution in [0.3, 0.4) is 0 Å². The average molecular weight is 527 g/mol. The van der Waals surface area contributed by atoms with Crippen LogP contribution in [0.4, 0.5) is 21.0 Å². The van der Waals surface area contributed by atoms with Gasteiger partial charge in [-0.25, -0.2) is 0 Å². The number of benzene rings is 2. The lowest BCUT2D eigenvalue weighted by molar-refractivity contribution is 0.147. The Hall–Kier alpha value is -2.80. The normalized spacial score (nSPS) is 11.5. The molecule has 6 nitrogen and oxygen atoms in total. The molecule has 0 heterocycles. The van der Waals surface area contributed by atoms with Crippen LogP contribution in [0.25, 0.3) is 0 Å². The average Bonchev–Trinajstić information content (AvgIpc) is 2.89. The maximum absolute atomic E-state index is 14.0. The van der Waals surface area contributed by atoms with Crippen molar-refractivity contribution in [1.29, 1.82) is 0 Å². The third kappa shape index (κ3) is 7.16. The number of carbonyl (C=O) groups is 2. The standard InChI is InChI=1S/C30H46N2O4Si/c1-9-31(10-2)25-13-17-27(18-14-25)37(29(33)35-21-23(5)6,30(34)36-22-24(7)8)28-19-15-26(16-20-28)32(11-3)12-4/h13-20,23-24H,9-12,21-22H2,1-8H3. The van der Waals surface area contributed by atoms with Crippen LogP contribution in [-0.4, -0.2) is 58.7 Å². The monoisotopic (exact) mass is 526 g/mol. The van der Waals surface area contributed by atoms with Crippen molar-refractivity contribution in [2.45, 2.75) is 55.4 Å². The van der Waals surface area contributed by atoms with E-state index >= 15 is 0 Å². The fourth-order valence-electron chi connectivity index (χ4n) is 4.44. The SMILES string of the molecule is CCN(CC)c1ccc([Si](C(=O)OCC(C)C)(C(=O)OCC(C)C)c2ccc(N(CC)CC)cc2)cc1. The van der Waals surface area contributed by atoms with Crippen molar-refractivity contribution in [1.82, 2.24) is 0 Å². The highest BCUT2D eigenvalue weighted by atomic mass is 28.3. The van der Waals surface area contributed by atoms with Crippen LogP contribution < -0.4 is 20.2 Å². The van der Waals surface area contributed by atoms with Gasteiger partial charge < -0.3 is 19.3 Å². The summed E-state index contributed by atoms with van der Waals surface area (Å²) >= 11 is 0. The summed E-state index contributed by atoms with van der Waals surface area (Å²) in [5, 5.41) is 1.36. The smallest absolute Gasteiger partial charge is 0.370 e. The molecule has 2 aromatic rings. The Labute approximate surface area is 225 Å². The van der Waals surface area contributed by atoms with Gasteiger partial charge in [0.25, 0.3) is 11.2 Å². The molecule has 0 aliphatic heterocycles. The highest BCUT2D eigenvalue weighted by molar-refractivity contribution is 7.37. The quantitative estimate of drug-likeness (QED) is 0.295. The van der Waals surface area contributed by atoms with Gasteiger partial charge in [0.05, 0.1) is 13.2 Å². The Bertz CT molecular complexity index is 900. The second kappa shape index (κ2) is 14.2. The van der Waals surface area contributed by atoms with E-state index in [1.807, 2.05) is 76.2 Å². The van der Waals surface area contributed by atoms with Crippen LogP contribution >= 0.6 is 0 Å². The number of nitrogens with zero attached hydrogens (tertiary/aromatic N) is 2. The van der Waals surface area contributed by atoms with Gasteiger partial charge in [-0.2, -0.15) is 0 Å². The number of ether oxygens (including phenoxy) is 2. The fourth-order valence-corrected chi connectivity index (χ4v) is 7.82. The van der Waals surface area contributed by atoms with Crippen molar-refractivity contribution >= 4 is 41.0 Å². The Morgan fingerprint density at radius 2 is 0.919 bits per heavy atom. The highest BCUT2D eigenvalue weighted by Crippen LogP contribution is 2.20. The molecular weight excluding hydrogens is 480 g/mol. The molecular formula is C30H46N2O4Si. The van der Waals surface area contributed by atoms with E-state index in [1.165, 1.54) is 0 Å². The van der Waals surface area contributed by atoms with Crippen molar-refractivity contribution in [3.8, 4) is 0 Å². The van der Waals surface area contributed by atoms with Crippen molar-refractivity contribution in [2.24, 2.45) is 11.8 Å². The van der Waals surface area contributed by atoms with Crippen molar-refractivity contribution in [3.05, 3.63) is 48.5 Å². The van der Waals surface area contributed by atoms with E-state index < -0.39 is 19.3 Å². The molecule has 0 unspecified atom stereocenters. The molecule has 204 valence electrons. The third-order valence-corrected chi connectivity index (χ3v) is 10.5. The molecule has 0 bridgehead atoms. The predicted molar refractivity (Wildman–Crippen MR) is 157 cm³/mol. The molecule has 0 saturated carbocycles. The lowest BCUT2D eigenvalue weighted by Gasteiger charge is -2.30. The van der Waals surface area contributed by atoms with Gasteiger partial charge in [-0.15, -0.1) is 0 Å². The molecule has 0 spiro atoms. The lowest BCUT2D eigenvalue weighted by Crippen LogP contribution is -2.70. The minimum Gasteiger partial charge on any atom is -0.469 e. The zero-order chi connectivity index (χ0) is 27.6. The summed E-state index contributed by atoms with van der Waals surface area (Å²) in [7, 11) is -3.80. The minimum absolute atomic E-state index is 0.150. The lowest BCUT2D eigenvalue weighted by atomic mass is 10.2. The van der Waals surface area contributed by atoms with Crippen molar-refractivity contribution in [2.75, 3.05) is 49.2 Å². The summed E-state index contributed by atoms with van der Waals surface area (Å²) in [6.07, 6.45) is 0. The summed E-state index contributed by atoms with van der Waals surface area (Å²) < 4.78 is 11.7. The third-order valence-electron chi connectivity index (χ3n) is 6.57. The molecule has 2 aromatic carbocycles. The second-order valence-corrected chi connectivity index (χ2v) is 13.6. The molecule has 0 atom stereocenters. The van der Waals surface area contributed by atoms with Gasteiger partial charge in [0, 0.05) is 37.6 Å². The van der Waals surface area contributed by atoms with E-state index in [1.54, 1.807) is 0 Å². The molecule has 37 heavy (non-hydrogen) atoms. The topological polar surface area (TPSA) is 59.1 Å². The van der Waals surface area contributed by atoms with Crippen LogP contribution in [0.2, 0.25) is 0 Å². The number of rotatable bonds is 14. The molecule has 2 rings (SSSR count). The van der Waals surface area contributed by atoms with Crippen molar-refractivity contribution in [3.63, 3.8) is 0 Å². The molecule has 0 radical (unpaired) electrons. The summed E-state index contributed by atoms with van der Waals surface area (Å²) in [4.78, 5) is 32.5. The molecule has 0 N–H and O–H groups in total. The molecule has 0 aromatic heterocycles. The summed E-state index contributed by atoms with van der Waals surface area (Å²) in [6.45, 7) is 20.4. The Morgan fingerprint density at radius 3 is 1.16 bits per heavy atom. The van der Waals surface area contributed by atoms with Crippen molar-refractivity contribution < 1.29 is 19.1 Å². The largest absolute Gasteiger partial charge is 0.469 e. The molecule has 7 heteroatoms. The Balaban J connectivity index is 2.74. The van der Waals surface area contributed by atoms with E-state index in [0.29, 0.717) is 10.4 Å². The zero-order valence-electron chi connectivity index (χ0n) is 24.0. The van der Waals surface area contributed by atoms with E-state index in [2.05, 4.69) is 37.5 Å². The fraction of sp³-hybridized carbons (Fsp3) is 0.533. The maximum atomic E-state index is 14.0. The molecule has 0 aliphatic rings. The van der Waals surface area contributed by atoms with E-state index in [4.69, 9.17) is 9.47 Å². The summed E-state index contributed by atoms with van der Waals surface area (Å²) in [5.41, 5.74) is 1.17. The first-order valence-corrected chi connectivity index (χ1v) is 15.7. The minimum atomic E-state index is -3.80. The summed E-state index contributed by atoms with van der Waals surface area (Å²) in [6, 6.07) is 15.7. The number of hydrogen-bond donors (Lipinski definition) is 0. The first-order valence-electron chi connectivity index (χ1n) is 13.7. The number of anilines is 2. The van der Waals surface area contributed by atoms with Crippen LogP contribution in [0.15, 0.2) is 48.5 Å². The van der Waals surface area contributed by atoms with Gasteiger partial charge in [0.1, 0.15) is 0 Å². The summed E-state index contributed by atoms with van der Waals surface area (Å²) in [5.74, 6) is 0.301. The van der Waals surface area contributed by atoms with Gasteiger partial charge in [0.15, 0.2) is 0 Å². The van der Waals surface area contributed by atoms with Gasteiger partial charge in [0.2, 0.25) is 0 Å². The van der Waals surface area contributed by atoms with E-state index in [0.717, 1.165) is 37.6 Å². The highest BCUT2D eigenvalue weighted by Gasteiger charge is 2.57. The second-order valence-electron chi connectivity index (χ2n) is 10.2. The molecule has 0 amide bonds. The van der Waals surface area contributed by atoms with Gasteiger partial charge in [-0.05, 0) is 74.2 Å². The Kier molecular flexibility index (Phi) is 11.7. The number of carbonyl (C=O) groups excluding carboxylic acids is 2. The van der Waals surface area contributed by atoms with Gasteiger partial charge in [-0.3, -0.25) is 9.59 Å². The first kappa shape index (κ1) is 30.4. The maximum Gasteiger partial charge on any atom is 0.370 e. The van der Waals surface area contributed by atoms with Crippen LogP contribution in [-0.2, 0) is 9.47 Å². The van der Waals surface area contributed by atoms with Crippen LogP contribution in [0, 0.1) is 11.8 Å². The van der Waals surface area contributed by atoms with Crippen LogP contribution in [0.5, 0.6) is 0 Å². The number of hydrogen-bond acceptors (Lipinski definition) is 6. The Morgan fingerprint density at radius 1 is 0.622 bits per heavy atom. The van der Waals surface area contributed by atoms with Gasteiger partial charge in [-0.1, -0.05) is 52.0 Å². The molecule has 0 fully saturated rings. The van der Waals surface area contributed by atoms with Gasteiger partial charge >= 0.3 is 8.07 Å². The van der Waals surface area contributed by atoms with E-state index in [-0.39, 0.29) is 25.0 Å². The van der Waals surface area contributed by atoms with Crippen LogP contribution in [0.1, 0.15) is 55.4 Å². The first-order chi connectivity index (χ1) is 17.6. The van der Waals surface area contributed by atoms with E-state index in [9.17, 15) is 9.59 Å². The molecule has 0 aliphatic carbocycles. The predicted octanol–water partition coefficient (Wildman–Crippen LogP) is 5.69. The zero-order valence-corrected chi connectivity index (χ0v) is 25.0.